The summed E-state index contributed by atoms with van der Waals surface area (Å²) < 4.78 is 32.6. The number of rotatable bonds is 11. The number of nitrogens with one attached hydrogen (secondary N) is 1. The zero-order chi connectivity index (χ0) is 22.3. The first-order valence-electron chi connectivity index (χ1n) is 10.4. The fourth-order valence-electron chi connectivity index (χ4n) is 3.16. The molecule has 2 aromatic carbocycles. The number of carbonyl (C=O) groups excluding carboxylic acids is 1. The second-order valence-corrected chi connectivity index (χ2v) is 9.13. The van der Waals surface area contributed by atoms with E-state index in [0.29, 0.717) is 19.6 Å². The number of ether oxygens (including phenoxy) is 1. The van der Waals surface area contributed by atoms with E-state index in [4.69, 9.17) is 10.00 Å². The predicted molar refractivity (Wildman–Crippen MR) is 118 cm³/mol. The van der Waals surface area contributed by atoms with Gasteiger partial charge in [-0.15, -0.1) is 0 Å². The highest BCUT2D eigenvalue weighted by Crippen LogP contribution is 2.23. The van der Waals surface area contributed by atoms with Crippen LogP contribution in [0.5, 0.6) is 5.75 Å². The van der Waals surface area contributed by atoms with Crippen molar-refractivity contribution < 1.29 is 17.9 Å². The lowest BCUT2D eigenvalue weighted by atomic mass is 10.1. The van der Waals surface area contributed by atoms with Gasteiger partial charge in [-0.05, 0) is 68.1 Å². The summed E-state index contributed by atoms with van der Waals surface area (Å²) >= 11 is 0. The highest BCUT2D eigenvalue weighted by Gasteiger charge is 2.27. The number of sulfonamides is 1. The maximum Gasteiger partial charge on any atom is 0.240 e. The van der Waals surface area contributed by atoms with Gasteiger partial charge < -0.3 is 9.64 Å². The molecule has 0 bridgehead atoms. The van der Waals surface area contributed by atoms with Gasteiger partial charge in [-0.2, -0.15) is 5.26 Å². The summed E-state index contributed by atoms with van der Waals surface area (Å²) in [6, 6.07) is 16.0. The molecule has 1 fully saturated rings. The fraction of sp³-hybridized carbons (Fsp3) is 0.391. The van der Waals surface area contributed by atoms with Crippen LogP contribution < -0.4 is 14.4 Å². The van der Waals surface area contributed by atoms with Crippen molar-refractivity contribution in [2.24, 2.45) is 0 Å². The molecule has 3 rings (SSSR count). The molecule has 7 nitrogen and oxygen atoms in total. The Morgan fingerprint density at radius 2 is 1.84 bits per heavy atom. The van der Waals surface area contributed by atoms with Crippen LogP contribution in [0.4, 0.5) is 5.69 Å². The quantitative estimate of drug-likeness (QED) is 0.576. The number of anilines is 1. The number of aryl methyl sites for hydroxylation is 1. The van der Waals surface area contributed by atoms with Crippen molar-refractivity contribution >= 4 is 21.6 Å². The molecule has 8 heteroatoms. The van der Waals surface area contributed by atoms with Crippen LogP contribution in [-0.2, 0) is 21.2 Å². The van der Waals surface area contributed by atoms with Crippen LogP contribution in [0.3, 0.4) is 0 Å². The lowest BCUT2D eigenvalue weighted by Crippen LogP contribution is -2.32. The van der Waals surface area contributed by atoms with Gasteiger partial charge in [0.2, 0.25) is 15.9 Å². The van der Waals surface area contributed by atoms with Gasteiger partial charge in [0.15, 0.2) is 0 Å². The Labute approximate surface area is 183 Å². The highest BCUT2D eigenvalue weighted by molar-refractivity contribution is 7.89. The second-order valence-electron chi connectivity index (χ2n) is 7.42. The van der Waals surface area contributed by atoms with E-state index in [-0.39, 0.29) is 29.7 Å². The maximum absolute atomic E-state index is 12.9. The minimum absolute atomic E-state index is 0.0595. The third kappa shape index (κ3) is 6.54. The lowest BCUT2D eigenvalue weighted by Gasteiger charge is -2.22. The van der Waals surface area contributed by atoms with Gasteiger partial charge in [0.1, 0.15) is 5.75 Å². The van der Waals surface area contributed by atoms with E-state index >= 15 is 0 Å². The van der Waals surface area contributed by atoms with Crippen molar-refractivity contribution in [1.29, 1.82) is 5.26 Å². The molecule has 0 aliphatic heterocycles. The normalized spacial score (nSPS) is 13.4. The second kappa shape index (κ2) is 10.4. The predicted octanol–water partition coefficient (Wildman–Crippen LogP) is 3.41. The summed E-state index contributed by atoms with van der Waals surface area (Å²) in [6.45, 7) is 2.78. The number of amides is 1. The first-order valence-corrected chi connectivity index (χ1v) is 11.9. The summed E-state index contributed by atoms with van der Waals surface area (Å²) in [6.07, 6.45) is 2.74. The van der Waals surface area contributed by atoms with Gasteiger partial charge in [-0.1, -0.05) is 12.1 Å². The summed E-state index contributed by atoms with van der Waals surface area (Å²) in [5.41, 5.74) is 1.60. The van der Waals surface area contributed by atoms with Crippen LogP contribution in [0.2, 0.25) is 0 Å². The van der Waals surface area contributed by atoms with Crippen molar-refractivity contribution in [1.82, 2.24) is 4.72 Å². The molecule has 31 heavy (non-hydrogen) atoms. The Hall–Kier alpha value is -2.89. The molecule has 0 atom stereocenters. The molecule has 0 unspecified atom stereocenters. The summed E-state index contributed by atoms with van der Waals surface area (Å²) in [5, 5.41) is 8.95. The average molecular weight is 442 g/mol. The summed E-state index contributed by atoms with van der Waals surface area (Å²) in [5.74, 6) is 0.636. The zero-order valence-corrected chi connectivity index (χ0v) is 18.4. The summed E-state index contributed by atoms with van der Waals surface area (Å²) in [7, 11) is -3.48. The standard InChI is InChI=1S/C23H27N3O4S/c1-2-30-21-11-9-20(10-12-21)26(17-3-16-24)23(27)15-6-18-4-13-22(14-5-18)31(28,29)25-19-7-8-19/h4-5,9-14,19,25H,2-3,6-8,15,17H2,1H3. The van der Waals surface area contributed by atoms with Crippen LogP contribution in [0.1, 0.15) is 38.2 Å². The number of hydrogen-bond acceptors (Lipinski definition) is 5. The first kappa shape index (κ1) is 22.8. The fourth-order valence-corrected chi connectivity index (χ4v) is 4.46. The van der Waals surface area contributed by atoms with Crippen LogP contribution in [-0.4, -0.2) is 33.5 Å². The monoisotopic (exact) mass is 441 g/mol. The van der Waals surface area contributed by atoms with Gasteiger partial charge in [0.05, 0.1) is 24.0 Å². The highest BCUT2D eigenvalue weighted by atomic mass is 32.2. The molecule has 164 valence electrons. The van der Waals surface area contributed by atoms with Crippen LogP contribution >= 0.6 is 0 Å². The van der Waals surface area contributed by atoms with E-state index in [9.17, 15) is 13.2 Å². The Morgan fingerprint density at radius 1 is 1.16 bits per heavy atom. The third-order valence-electron chi connectivity index (χ3n) is 4.97. The van der Waals surface area contributed by atoms with Crippen LogP contribution in [0.25, 0.3) is 0 Å². The zero-order valence-electron chi connectivity index (χ0n) is 17.6. The molecule has 1 saturated carbocycles. The number of hydrogen-bond donors (Lipinski definition) is 1. The Morgan fingerprint density at radius 3 is 2.42 bits per heavy atom. The maximum atomic E-state index is 12.9. The van der Waals surface area contributed by atoms with Gasteiger partial charge in [-0.3, -0.25) is 4.79 Å². The van der Waals surface area contributed by atoms with E-state index in [0.717, 1.165) is 29.8 Å². The number of nitrogens with zero attached hydrogens (tertiary/aromatic N) is 2. The number of nitriles is 1. The van der Waals surface area contributed by atoms with Gasteiger partial charge in [0, 0.05) is 24.7 Å². The largest absolute Gasteiger partial charge is 0.494 e. The third-order valence-corrected chi connectivity index (χ3v) is 6.50. The Kier molecular flexibility index (Phi) is 7.66. The molecule has 2 aromatic rings. The molecular weight excluding hydrogens is 414 g/mol. The molecule has 1 N–H and O–H groups in total. The van der Waals surface area contributed by atoms with Crippen LogP contribution in [0, 0.1) is 11.3 Å². The molecule has 0 saturated heterocycles. The molecule has 0 radical (unpaired) electrons. The smallest absolute Gasteiger partial charge is 0.240 e. The van der Waals surface area contributed by atoms with E-state index in [1.54, 1.807) is 41.3 Å². The van der Waals surface area contributed by atoms with E-state index in [2.05, 4.69) is 10.8 Å². The van der Waals surface area contributed by atoms with Crippen molar-refractivity contribution in [2.75, 3.05) is 18.1 Å². The van der Waals surface area contributed by atoms with Crippen molar-refractivity contribution in [3.8, 4) is 11.8 Å². The topological polar surface area (TPSA) is 99.5 Å². The van der Waals surface area contributed by atoms with Crippen molar-refractivity contribution in [3.63, 3.8) is 0 Å². The Balaban J connectivity index is 1.62. The number of carbonyl (C=O) groups is 1. The van der Waals surface area contributed by atoms with E-state index < -0.39 is 10.0 Å². The molecule has 0 spiro atoms. The molecule has 1 aliphatic carbocycles. The van der Waals surface area contributed by atoms with E-state index in [1.165, 1.54) is 0 Å². The first-order chi connectivity index (χ1) is 14.9. The van der Waals surface area contributed by atoms with Gasteiger partial charge in [0.25, 0.3) is 0 Å². The molecule has 0 aromatic heterocycles. The minimum Gasteiger partial charge on any atom is -0.494 e. The van der Waals surface area contributed by atoms with Gasteiger partial charge in [-0.25, -0.2) is 13.1 Å². The average Bonchev–Trinajstić information content (AvgIpc) is 3.57. The lowest BCUT2D eigenvalue weighted by molar-refractivity contribution is -0.118. The molecule has 1 amide bonds. The van der Waals surface area contributed by atoms with E-state index in [1.807, 2.05) is 19.1 Å². The summed E-state index contributed by atoms with van der Waals surface area (Å²) in [4.78, 5) is 14.7. The Bertz CT molecular complexity index is 1020. The van der Waals surface area contributed by atoms with Crippen molar-refractivity contribution in [3.05, 3.63) is 54.1 Å². The molecular formula is C23H27N3O4S. The molecule has 0 heterocycles. The van der Waals surface area contributed by atoms with Crippen LogP contribution in [0.15, 0.2) is 53.4 Å². The molecule has 1 aliphatic rings. The number of benzene rings is 2. The SMILES string of the molecule is CCOc1ccc(N(CCC#N)C(=O)CCc2ccc(S(=O)(=O)NC3CC3)cc2)cc1. The van der Waals surface area contributed by atoms with Crippen molar-refractivity contribution in [2.45, 2.75) is 50.0 Å². The minimum atomic E-state index is -3.48. The van der Waals surface area contributed by atoms with Gasteiger partial charge >= 0.3 is 0 Å².